The molecule has 0 bridgehead atoms. The number of piperidine rings is 1. The number of benzene rings is 1. The number of rotatable bonds is 5. The number of carboxylic acid groups (broad SMARTS) is 1. The summed E-state index contributed by atoms with van der Waals surface area (Å²) in [5, 5.41) is 14.7. The number of carbonyl (C=O) groups excluding carboxylic acids is 2. The number of alkyl halides is 3. The Morgan fingerprint density at radius 1 is 1.20 bits per heavy atom. The zero-order valence-corrected chi connectivity index (χ0v) is 24.9. The molecule has 7 nitrogen and oxygen atoms in total. The van der Waals surface area contributed by atoms with E-state index in [1.807, 2.05) is 11.3 Å². The van der Waals surface area contributed by atoms with Crippen molar-refractivity contribution in [1.82, 2.24) is 9.88 Å². The van der Waals surface area contributed by atoms with Gasteiger partial charge >= 0.3 is 6.18 Å². The fourth-order valence-corrected chi connectivity index (χ4v) is 8.46. The van der Waals surface area contributed by atoms with Crippen molar-refractivity contribution in [2.75, 3.05) is 26.2 Å². The molecule has 0 radical (unpaired) electrons. The van der Waals surface area contributed by atoms with Gasteiger partial charge in [0, 0.05) is 23.9 Å². The van der Waals surface area contributed by atoms with Gasteiger partial charge in [0.25, 0.3) is 0 Å². The van der Waals surface area contributed by atoms with Crippen molar-refractivity contribution in [3.63, 3.8) is 0 Å². The molecule has 1 spiro atoms. The maximum Gasteiger partial charge on any atom is 0.430 e. The first-order chi connectivity index (χ1) is 19.5. The number of thiazole rings is 1. The van der Waals surface area contributed by atoms with Crippen LogP contribution in [0.5, 0.6) is 0 Å². The largest absolute Gasteiger partial charge is 0.542 e. The number of carbonyl (C=O) groups is 2. The van der Waals surface area contributed by atoms with Crippen molar-refractivity contribution < 1.29 is 38.5 Å². The Hall–Kier alpha value is -2.50. The van der Waals surface area contributed by atoms with E-state index in [9.17, 15) is 18.0 Å². The fraction of sp³-hybridized carbons (Fsp3) is 0.633. The smallest absolute Gasteiger partial charge is 0.430 e. The van der Waals surface area contributed by atoms with E-state index in [0.717, 1.165) is 69.8 Å². The van der Waals surface area contributed by atoms with E-state index in [2.05, 4.69) is 66.6 Å². The number of hydrogen-bond acceptors (Lipinski definition) is 5. The lowest BCUT2D eigenvalue weighted by Crippen LogP contribution is -2.83. The zero-order chi connectivity index (χ0) is 29.8. The third kappa shape index (κ3) is 6.78. The highest BCUT2D eigenvalue weighted by atomic mass is 32.1. The molecule has 2 fully saturated rings. The first-order valence-corrected chi connectivity index (χ1v) is 15.6. The molecule has 0 unspecified atom stereocenters. The van der Waals surface area contributed by atoms with Crippen LogP contribution < -0.4 is 15.7 Å². The predicted molar refractivity (Wildman–Crippen MR) is 148 cm³/mol. The van der Waals surface area contributed by atoms with E-state index in [-0.39, 0.29) is 11.3 Å². The van der Waals surface area contributed by atoms with E-state index < -0.39 is 12.1 Å². The van der Waals surface area contributed by atoms with Gasteiger partial charge in [-0.2, -0.15) is 13.2 Å². The highest BCUT2D eigenvalue weighted by molar-refractivity contribution is 7.11. The minimum Gasteiger partial charge on any atom is -0.542 e. The minimum atomic E-state index is -5.19. The van der Waals surface area contributed by atoms with E-state index in [1.54, 1.807) is 0 Å². The molecule has 4 atom stereocenters. The van der Waals surface area contributed by atoms with Gasteiger partial charge in [0.05, 0.1) is 30.1 Å². The van der Waals surface area contributed by atoms with Crippen LogP contribution in [0.4, 0.5) is 13.2 Å². The minimum absolute atomic E-state index is 0.0416. The van der Waals surface area contributed by atoms with Crippen molar-refractivity contribution in [2.24, 2.45) is 11.8 Å². The van der Waals surface area contributed by atoms with Crippen LogP contribution in [0.3, 0.4) is 0 Å². The number of hydrogen-bond donors (Lipinski definition) is 2. The van der Waals surface area contributed by atoms with Crippen LogP contribution in [0.25, 0.3) is 0 Å². The summed E-state index contributed by atoms with van der Waals surface area (Å²) < 4.78 is 31.5. The molecular weight excluding hydrogens is 553 g/mol. The molecule has 1 aromatic carbocycles. The maximum absolute atomic E-state index is 14.5. The van der Waals surface area contributed by atoms with E-state index >= 15 is 0 Å². The first-order valence-electron chi connectivity index (χ1n) is 14.8. The van der Waals surface area contributed by atoms with Crippen molar-refractivity contribution in [3.05, 3.63) is 51.5 Å². The summed E-state index contributed by atoms with van der Waals surface area (Å²) in [6.07, 6.45) is 0.354. The highest BCUT2D eigenvalue weighted by Gasteiger charge is 2.56. The second-order valence-corrected chi connectivity index (χ2v) is 12.8. The number of aryl methyl sites for hydroxylation is 1. The third-order valence-corrected chi connectivity index (χ3v) is 10.5. The monoisotopic (exact) mass is 595 g/mol. The Morgan fingerprint density at radius 3 is 2.51 bits per heavy atom. The number of amides is 1. The Kier molecular flexibility index (Phi) is 10.1. The molecule has 226 valence electrons. The molecule has 1 amide bonds. The van der Waals surface area contributed by atoms with Crippen LogP contribution >= 0.6 is 11.3 Å². The number of aliphatic carboxylic acids is 1. The second-order valence-electron chi connectivity index (χ2n) is 11.6. The number of aromatic nitrogens is 1. The molecule has 2 saturated heterocycles. The molecule has 3 aliphatic rings. The number of fused-ring (bicyclic) bond motifs is 2. The Balaban J connectivity index is 0.000000493. The second kappa shape index (κ2) is 13.2. The number of halogens is 3. The molecule has 4 N–H and O–H groups in total. The predicted octanol–water partition coefficient (Wildman–Crippen LogP) is 1.86. The summed E-state index contributed by atoms with van der Waals surface area (Å²) in [6, 6.07) is 11.3. The molecule has 2 aromatic rings. The van der Waals surface area contributed by atoms with E-state index in [4.69, 9.17) is 14.9 Å². The number of carboxylic acids is 1. The normalized spacial score (nSPS) is 26.3. The van der Waals surface area contributed by atoms with Crippen LogP contribution in [0.1, 0.15) is 73.0 Å². The topological polar surface area (TPSA) is 107 Å². The van der Waals surface area contributed by atoms with Gasteiger partial charge in [0.2, 0.25) is 5.91 Å². The first kappa shape index (κ1) is 31.4. The van der Waals surface area contributed by atoms with Gasteiger partial charge < -0.3 is 25.4 Å². The summed E-state index contributed by atoms with van der Waals surface area (Å²) in [7, 11) is 0. The number of nitrogens with two attached hydrogens (primary N) is 2. The average molecular weight is 596 g/mol. The van der Waals surface area contributed by atoms with Crippen molar-refractivity contribution in [1.29, 1.82) is 0 Å². The molecule has 11 heteroatoms. The molecule has 41 heavy (non-hydrogen) atoms. The van der Waals surface area contributed by atoms with Crippen molar-refractivity contribution in [2.45, 2.75) is 83.0 Å². The number of likely N-dealkylation sites (tertiary alicyclic amines) is 1. The molecule has 0 saturated carbocycles. The lowest BCUT2D eigenvalue weighted by molar-refractivity contribution is -0.672. The number of quaternary nitrogens is 2. The maximum atomic E-state index is 14.5. The fourth-order valence-electron chi connectivity index (χ4n) is 7.23. The summed E-state index contributed by atoms with van der Waals surface area (Å²) in [5.74, 6) is -1.38. The Bertz CT molecular complexity index is 1190. The van der Waals surface area contributed by atoms with Gasteiger partial charge in [0.1, 0.15) is 24.1 Å². The van der Waals surface area contributed by atoms with Crippen LogP contribution in [0.2, 0.25) is 0 Å². The van der Waals surface area contributed by atoms with E-state index in [0.29, 0.717) is 23.8 Å². The molecular formula is C30H42F3N4O3S+. The van der Waals surface area contributed by atoms with Crippen LogP contribution in [-0.4, -0.2) is 60.2 Å². The van der Waals surface area contributed by atoms with Gasteiger partial charge in [-0.15, -0.1) is 11.3 Å². The van der Waals surface area contributed by atoms with E-state index in [1.165, 1.54) is 16.1 Å². The Labute approximate surface area is 243 Å². The standard InChI is InChI=1S/C28H40N4OS.C2HF3O2/c1-4-20(5-2)25-15-22(21-9-7-6-8-10-21)11-14-32(25)27(33)23-16-30-18-28(23)12-13-29-17-24-26(28)34-19(3)31-24;3-2(4,5)1(6)7/h6-10,20,22-23,25,29-30H,4-5,11-18H2,1-3H3;(H,6,7)/p+1/t22-,23-,25+,28-;/m1./s1. The van der Waals surface area contributed by atoms with Crippen LogP contribution in [0.15, 0.2) is 30.3 Å². The lowest BCUT2D eigenvalue weighted by atomic mass is 9.72. The summed E-state index contributed by atoms with van der Waals surface area (Å²) in [5.41, 5.74) is 2.65. The SMILES string of the molecule is CCC(CC)[C@@H]1C[C@H](c2ccccc2)CCN1C(=O)[C@H]1C[NH2+]C[C@]12CC[NH2+]Cc1nc(C)sc12.O=C([O-])C(F)(F)F. The zero-order valence-electron chi connectivity index (χ0n) is 24.1. The van der Waals surface area contributed by atoms with Gasteiger partial charge in [0.15, 0.2) is 0 Å². The molecule has 5 rings (SSSR count). The lowest BCUT2D eigenvalue weighted by Gasteiger charge is -2.45. The van der Waals surface area contributed by atoms with Crippen LogP contribution in [-0.2, 0) is 21.5 Å². The number of nitrogens with zero attached hydrogens (tertiary/aromatic N) is 2. The summed E-state index contributed by atoms with van der Waals surface area (Å²) in [4.78, 5) is 31.9. The third-order valence-electron chi connectivity index (χ3n) is 9.29. The van der Waals surface area contributed by atoms with Gasteiger partial charge in [-0.25, -0.2) is 4.98 Å². The van der Waals surface area contributed by atoms with Crippen LogP contribution in [0, 0.1) is 18.8 Å². The van der Waals surface area contributed by atoms with Gasteiger partial charge in [-0.1, -0.05) is 57.0 Å². The Morgan fingerprint density at radius 2 is 1.88 bits per heavy atom. The highest BCUT2D eigenvalue weighted by Crippen LogP contribution is 2.44. The quantitative estimate of drug-likeness (QED) is 0.551. The molecule has 1 aromatic heterocycles. The summed E-state index contributed by atoms with van der Waals surface area (Å²) >= 11 is 1.86. The van der Waals surface area contributed by atoms with Gasteiger partial charge in [-0.3, -0.25) is 4.79 Å². The summed E-state index contributed by atoms with van der Waals surface area (Å²) in [6.45, 7) is 11.6. The molecule has 3 aliphatic heterocycles. The van der Waals surface area contributed by atoms with Crippen molar-refractivity contribution >= 4 is 23.2 Å². The van der Waals surface area contributed by atoms with Gasteiger partial charge in [-0.05, 0) is 37.2 Å². The van der Waals surface area contributed by atoms with Crippen molar-refractivity contribution in [3.8, 4) is 0 Å². The molecule has 4 heterocycles. The molecule has 0 aliphatic carbocycles. The average Bonchev–Trinajstić information content (AvgIpc) is 3.51.